The number of hydrazine groups is 1. The molecular formula is C11H16N2O2S. The number of carbonyl (C=O) groups excluding carboxylic acids is 1. The highest BCUT2D eigenvalue weighted by molar-refractivity contribution is 7.99. The molecule has 1 amide bonds. The summed E-state index contributed by atoms with van der Waals surface area (Å²) in [6, 6.07) is 9.49. The predicted octanol–water partition coefficient (Wildman–Crippen LogP) is 0.486. The van der Waals surface area contributed by atoms with Crippen LogP contribution in [0.5, 0.6) is 0 Å². The number of carbonyl (C=O) groups is 1. The number of benzene rings is 1. The fourth-order valence-corrected chi connectivity index (χ4v) is 2.25. The van der Waals surface area contributed by atoms with E-state index in [2.05, 4.69) is 5.43 Å². The van der Waals surface area contributed by atoms with Gasteiger partial charge < -0.3 is 5.11 Å². The molecule has 0 aromatic heterocycles. The van der Waals surface area contributed by atoms with E-state index in [1.165, 1.54) is 11.8 Å². The second-order valence-electron chi connectivity index (χ2n) is 3.27. The van der Waals surface area contributed by atoms with Gasteiger partial charge in [0.05, 0.1) is 12.5 Å². The van der Waals surface area contributed by atoms with Gasteiger partial charge in [-0.3, -0.25) is 10.2 Å². The minimum Gasteiger partial charge on any atom is -0.396 e. The molecule has 0 radical (unpaired) electrons. The van der Waals surface area contributed by atoms with E-state index in [0.29, 0.717) is 11.5 Å². The molecule has 1 aromatic carbocycles. The molecule has 1 rings (SSSR count). The van der Waals surface area contributed by atoms with Gasteiger partial charge >= 0.3 is 0 Å². The molecule has 88 valence electrons. The average molecular weight is 240 g/mol. The fraction of sp³-hybridized carbons (Fsp3) is 0.364. The number of rotatable bonds is 6. The van der Waals surface area contributed by atoms with Crippen LogP contribution in [0.2, 0.25) is 0 Å². The molecule has 4 nitrogen and oxygen atoms in total. The Bertz CT molecular complexity index is 319. The number of hydrogen-bond donors (Lipinski definition) is 3. The van der Waals surface area contributed by atoms with Gasteiger partial charge in [-0.05, 0) is 5.56 Å². The number of hydrogen-bond acceptors (Lipinski definition) is 4. The van der Waals surface area contributed by atoms with Gasteiger partial charge in [-0.1, -0.05) is 30.3 Å². The Balaban J connectivity index is 2.68. The third kappa shape index (κ3) is 3.84. The Hall–Kier alpha value is -1.04. The normalized spacial score (nSPS) is 12.1. The second kappa shape index (κ2) is 7.27. The predicted molar refractivity (Wildman–Crippen MR) is 65.9 cm³/mol. The number of nitrogens with one attached hydrogen (secondary N) is 1. The van der Waals surface area contributed by atoms with E-state index in [1.807, 2.05) is 30.3 Å². The van der Waals surface area contributed by atoms with Crippen LogP contribution >= 0.6 is 11.8 Å². The zero-order valence-electron chi connectivity index (χ0n) is 8.93. The van der Waals surface area contributed by atoms with Crippen LogP contribution < -0.4 is 11.3 Å². The van der Waals surface area contributed by atoms with E-state index in [0.717, 1.165) is 5.56 Å². The lowest BCUT2D eigenvalue weighted by molar-refractivity contribution is -0.122. The van der Waals surface area contributed by atoms with Crippen molar-refractivity contribution in [1.82, 2.24) is 5.43 Å². The lowest BCUT2D eigenvalue weighted by Crippen LogP contribution is -2.35. The van der Waals surface area contributed by atoms with Gasteiger partial charge in [-0.15, -0.1) is 0 Å². The van der Waals surface area contributed by atoms with Crippen molar-refractivity contribution in [1.29, 1.82) is 0 Å². The van der Waals surface area contributed by atoms with Crippen molar-refractivity contribution in [3.05, 3.63) is 35.9 Å². The zero-order valence-corrected chi connectivity index (χ0v) is 9.74. The van der Waals surface area contributed by atoms with Crippen molar-refractivity contribution in [3.8, 4) is 0 Å². The highest BCUT2D eigenvalue weighted by Gasteiger charge is 2.19. The summed E-state index contributed by atoms with van der Waals surface area (Å²) in [7, 11) is 0. The molecule has 0 saturated carbocycles. The van der Waals surface area contributed by atoms with Crippen LogP contribution in [0.25, 0.3) is 0 Å². The van der Waals surface area contributed by atoms with E-state index in [9.17, 15) is 4.79 Å². The highest BCUT2D eigenvalue weighted by atomic mass is 32.2. The Morgan fingerprint density at radius 3 is 2.69 bits per heavy atom. The summed E-state index contributed by atoms with van der Waals surface area (Å²) in [5.74, 6) is 5.94. The van der Waals surface area contributed by atoms with Gasteiger partial charge in [-0.2, -0.15) is 11.8 Å². The van der Waals surface area contributed by atoms with E-state index >= 15 is 0 Å². The van der Waals surface area contributed by atoms with Crippen LogP contribution in [-0.2, 0) is 4.79 Å². The van der Waals surface area contributed by atoms with E-state index in [1.54, 1.807) is 0 Å². The third-order valence-electron chi connectivity index (χ3n) is 2.18. The fourth-order valence-electron chi connectivity index (χ4n) is 1.37. The van der Waals surface area contributed by atoms with Gasteiger partial charge in [-0.25, -0.2) is 5.84 Å². The second-order valence-corrected chi connectivity index (χ2v) is 4.42. The molecule has 4 N–H and O–H groups in total. The van der Waals surface area contributed by atoms with Crippen molar-refractivity contribution in [2.24, 2.45) is 5.84 Å². The molecule has 0 heterocycles. The van der Waals surface area contributed by atoms with Gasteiger partial charge in [0.15, 0.2) is 0 Å². The maximum Gasteiger partial charge on any atom is 0.242 e. The monoisotopic (exact) mass is 240 g/mol. The molecule has 1 atom stereocenters. The lowest BCUT2D eigenvalue weighted by Gasteiger charge is -2.14. The smallest absolute Gasteiger partial charge is 0.242 e. The minimum atomic E-state index is -0.261. The SMILES string of the molecule is NNC(=O)C(CSCCO)c1ccccc1. The highest BCUT2D eigenvalue weighted by Crippen LogP contribution is 2.20. The Morgan fingerprint density at radius 2 is 2.12 bits per heavy atom. The van der Waals surface area contributed by atoms with Gasteiger partial charge in [0, 0.05) is 11.5 Å². The molecule has 0 aliphatic rings. The van der Waals surface area contributed by atoms with Crippen LogP contribution in [-0.4, -0.2) is 29.1 Å². The topological polar surface area (TPSA) is 75.3 Å². The van der Waals surface area contributed by atoms with Crippen molar-refractivity contribution in [2.75, 3.05) is 18.1 Å². The number of thioether (sulfide) groups is 1. The first-order chi connectivity index (χ1) is 7.79. The maximum atomic E-state index is 11.6. The minimum absolute atomic E-state index is 0.121. The molecule has 0 fully saturated rings. The van der Waals surface area contributed by atoms with Crippen molar-refractivity contribution < 1.29 is 9.90 Å². The standard InChI is InChI=1S/C11H16N2O2S/c12-13-11(15)10(8-16-7-6-14)9-4-2-1-3-5-9/h1-5,10,14H,6-8,12H2,(H,13,15). The Morgan fingerprint density at radius 1 is 1.44 bits per heavy atom. The number of aliphatic hydroxyl groups is 1. The molecule has 0 aliphatic carbocycles. The van der Waals surface area contributed by atoms with Crippen LogP contribution in [0.4, 0.5) is 0 Å². The molecule has 0 spiro atoms. The number of aliphatic hydroxyl groups excluding tert-OH is 1. The van der Waals surface area contributed by atoms with E-state index in [-0.39, 0.29) is 18.4 Å². The number of nitrogens with two attached hydrogens (primary N) is 1. The van der Waals surface area contributed by atoms with Crippen molar-refractivity contribution >= 4 is 17.7 Å². The summed E-state index contributed by atoms with van der Waals surface area (Å²) in [5.41, 5.74) is 3.12. The molecule has 16 heavy (non-hydrogen) atoms. The van der Waals surface area contributed by atoms with Gasteiger partial charge in [0.1, 0.15) is 0 Å². The average Bonchev–Trinajstić information content (AvgIpc) is 2.35. The van der Waals surface area contributed by atoms with Crippen molar-refractivity contribution in [3.63, 3.8) is 0 Å². The Labute approximate surface area is 99.2 Å². The van der Waals surface area contributed by atoms with E-state index in [4.69, 9.17) is 10.9 Å². The first-order valence-corrected chi connectivity index (χ1v) is 6.19. The first-order valence-electron chi connectivity index (χ1n) is 5.03. The molecule has 1 unspecified atom stereocenters. The Kier molecular flexibility index (Phi) is 5.92. The van der Waals surface area contributed by atoms with E-state index < -0.39 is 0 Å². The summed E-state index contributed by atoms with van der Waals surface area (Å²) in [6.07, 6.45) is 0. The summed E-state index contributed by atoms with van der Waals surface area (Å²) in [5, 5.41) is 8.70. The molecule has 0 saturated heterocycles. The van der Waals surface area contributed by atoms with Gasteiger partial charge in [0.2, 0.25) is 5.91 Å². The van der Waals surface area contributed by atoms with Crippen LogP contribution in [0, 0.1) is 0 Å². The van der Waals surface area contributed by atoms with Gasteiger partial charge in [0.25, 0.3) is 0 Å². The summed E-state index contributed by atoms with van der Waals surface area (Å²) < 4.78 is 0. The summed E-state index contributed by atoms with van der Waals surface area (Å²) in [4.78, 5) is 11.6. The summed E-state index contributed by atoms with van der Waals surface area (Å²) >= 11 is 1.53. The molecule has 0 aliphatic heterocycles. The number of amides is 1. The van der Waals surface area contributed by atoms with Crippen LogP contribution in [0.1, 0.15) is 11.5 Å². The first kappa shape index (κ1) is 13.0. The van der Waals surface area contributed by atoms with Crippen LogP contribution in [0.3, 0.4) is 0 Å². The van der Waals surface area contributed by atoms with Crippen LogP contribution in [0.15, 0.2) is 30.3 Å². The molecule has 0 bridgehead atoms. The third-order valence-corrected chi connectivity index (χ3v) is 3.22. The quantitative estimate of drug-likeness (QED) is 0.293. The largest absolute Gasteiger partial charge is 0.396 e. The maximum absolute atomic E-state index is 11.6. The lowest BCUT2D eigenvalue weighted by atomic mass is 10.0. The molecule has 1 aromatic rings. The van der Waals surface area contributed by atoms with Crippen molar-refractivity contribution in [2.45, 2.75) is 5.92 Å². The molecular weight excluding hydrogens is 224 g/mol. The summed E-state index contributed by atoms with van der Waals surface area (Å²) in [6.45, 7) is 0.121. The molecule has 5 heteroatoms. The zero-order chi connectivity index (χ0) is 11.8.